The van der Waals surface area contributed by atoms with Gasteiger partial charge in [0.05, 0.1) is 23.5 Å². The van der Waals surface area contributed by atoms with Gasteiger partial charge in [0.25, 0.3) is 0 Å². The van der Waals surface area contributed by atoms with Gasteiger partial charge in [0.1, 0.15) is 17.4 Å². The molecule has 1 spiro atoms. The minimum absolute atomic E-state index is 0.161. The zero-order valence-corrected chi connectivity index (χ0v) is 20.8. The van der Waals surface area contributed by atoms with Crippen LogP contribution in [0.4, 0.5) is 5.82 Å². The number of aromatic nitrogens is 1. The van der Waals surface area contributed by atoms with Crippen molar-refractivity contribution in [1.82, 2.24) is 15.4 Å². The minimum atomic E-state index is -1.26. The van der Waals surface area contributed by atoms with Crippen molar-refractivity contribution in [2.75, 3.05) is 18.5 Å². The number of likely N-dealkylation sites (tertiary alicyclic amines) is 1. The van der Waals surface area contributed by atoms with Crippen LogP contribution in [0, 0.1) is 18.8 Å². The molecule has 194 valence electrons. The maximum absolute atomic E-state index is 14.0. The van der Waals surface area contributed by atoms with Gasteiger partial charge in [-0.3, -0.25) is 14.4 Å². The van der Waals surface area contributed by atoms with E-state index in [9.17, 15) is 14.4 Å². The molecule has 6 unspecified atom stereocenters. The molecule has 0 aliphatic carbocycles. The highest BCUT2D eigenvalue weighted by Crippen LogP contribution is 2.59. The van der Waals surface area contributed by atoms with Crippen molar-refractivity contribution >= 4 is 23.5 Å². The zero-order chi connectivity index (χ0) is 25.8. The van der Waals surface area contributed by atoms with E-state index in [0.717, 1.165) is 18.4 Å². The molecule has 0 radical (unpaired) electrons. The number of nitrogens with zero attached hydrogens (tertiary/aromatic N) is 2. The second kappa shape index (κ2) is 8.81. The molecule has 0 saturated carbocycles. The first-order chi connectivity index (χ1) is 17.8. The van der Waals surface area contributed by atoms with E-state index >= 15 is 0 Å². The molecule has 6 atom stereocenters. The van der Waals surface area contributed by atoms with Crippen LogP contribution in [0.1, 0.15) is 31.1 Å². The first kappa shape index (κ1) is 23.9. The van der Waals surface area contributed by atoms with E-state index in [-0.39, 0.29) is 30.3 Å². The lowest BCUT2D eigenvalue weighted by molar-refractivity contribution is -0.145. The van der Waals surface area contributed by atoms with E-state index in [0.29, 0.717) is 18.9 Å². The van der Waals surface area contributed by atoms with Gasteiger partial charge in [-0.15, -0.1) is 0 Å². The van der Waals surface area contributed by atoms with E-state index < -0.39 is 35.0 Å². The normalized spacial score (nSPS) is 33.7. The van der Waals surface area contributed by atoms with Crippen LogP contribution < -0.4 is 10.6 Å². The SMILES string of the molecule is Cc1cc(NC(=O)C2C3C(=O)N(CC4CCCO4)C(C(=O)NCc4ccccc4)C34C=CC2(C)O4)no1. The Morgan fingerprint density at radius 1 is 1.19 bits per heavy atom. The molecule has 1 aromatic heterocycles. The van der Waals surface area contributed by atoms with Crippen LogP contribution in [0.25, 0.3) is 0 Å². The number of carbonyl (C=O) groups is 3. The third-order valence-electron chi connectivity index (χ3n) is 7.94. The number of carbonyl (C=O) groups excluding carboxylic acids is 3. The van der Waals surface area contributed by atoms with Crippen LogP contribution >= 0.6 is 0 Å². The molecular weight excluding hydrogens is 476 g/mol. The van der Waals surface area contributed by atoms with Crippen molar-refractivity contribution in [3.05, 3.63) is 59.9 Å². The Labute approximate surface area is 214 Å². The molecular formula is C27H30N4O6. The Kier molecular flexibility index (Phi) is 5.68. The predicted molar refractivity (Wildman–Crippen MR) is 131 cm³/mol. The van der Waals surface area contributed by atoms with Crippen molar-refractivity contribution < 1.29 is 28.4 Å². The summed E-state index contributed by atoms with van der Waals surface area (Å²) in [5, 5.41) is 9.62. The molecule has 10 heteroatoms. The molecule has 4 aliphatic rings. The maximum atomic E-state index is 14.0. The first-order valence-corrected chi connectivity index (χ1v) is 12.7. The van der Waals surface area contributed by atoms with E-state index in [1.54, 1.807) is 24.8 Å². The van der Waals surface area contributed by atoms with E-state index in [1.165, 1.54) is 0 Å². The second-order valence-corrected chi connectivity index (χ2v) is 10.5. The van der Waals surface area contributed by atoms with Crippen molar-refractivity contribution in [2.24, 2.45) is 11.8 Å². The molecule has 2 N–H and O–H groups in total. The fourth-order valence-electron chi connectivity index (χ4n) is 6.34. The maximum Gasteiger partial charge on any atom is 0.246 e. The van der Waals surface area contributed by atoms with Crippen molar-refractivity contribution in [3.8, 4) is 0 Å². The summed E-state index contributed by atoms with van der Waals surface area (Å²) in [5.41, 5.74) is -1.36. The van der Waals surface area contributed by atoms with E-state index in [2.05, 4.69) is 15.8 Å². The smallest absolute Gasteiger partial charge is 0.246 e. The van der Waals surface area contributed by atoms with Gasteiger partial charge in [0, 0.05) is 25.8 Å². The molecule has 3 amide bonds. The Balaban J connectivity index is 1.32. The Morgan fingerprint density at radius 3 is 2.70 bits per heavy atom. The van der Waals surface area contributed by atoms with Crippen LogP contribution in [0.3, 0.4) is 0 Å². The topological polar surface area (TPSA) is 123 Å². The van der Waals surface area contributed by atoms with Crippen LogP contribution in [-0.4, -0.2) is 64.3 Å². The third-order valence-corrected chi connectivity index (χ3v) is 7.94. The number of nitrogens with one attached hydrogen (secondary N) is 2. The second-order valence-electron chi connectivity index (χ2n) is 10.5. The predicted octanol–water partition coefficient (Wildman–Crippen LogP) is 1.96. The quantitative estimate of drug-likeness (QED) is 0.551. The summed E-state index contributed by atoms with van der Waals surface area (Å²) < 4.78 is 17.4. The summed E-state index contributed by atoms with van der Waals surface area (Å²) in [6.07, 6.45) is 5.17. The minimum Gasteiger partial charge on any atom is -0.376 e. The Morgan fingerprint density at radius 2 is 2.00 bits per heavy atom. The fourth-order valence-corrected chi connectivity index (χ4v) is 6.34. The lowest BCUT2D eigenvalue weighted by atomic mass is 9.70. The van der Waals surface area contributed by atoms with Gasteiger partial charge in [0.15, 0.2) is 5.82 Å². The van der Waals surface area contributed by atoms with Crippen LogP contribution in [-0.2, 0) is 30.4 Å². The molecule has 6 rings (SSSR count). The molecule has 2 bridgehead atoms. The van der Waals surface area contributed by atoms with Crippen molar-refractivity contribution in [1.29, 1.82) is 0 Å². The van der Waals surface area contributed by atoms with Gasteiger partial charge >= 0.3 is 0 Å². The highest BCUT2D eigenvalue weighted by Gasteiger charge is 2.76. The van der Waals surface area contributed by atoms with E-state index in [1.807, 2.05) is 42.5 Å². The molecule has 37 heavy (non-hydrogen) atoms. The summed E-state index contributed by atoms with van der Waals surface area (Å²) in [7, 11) is 0. The summed E-state index contributed by atoms with van der Waals surface area (Å²) >= 11 is 0. The van der Waals surface area contributed by atoms with Crippen LogP contribution in [0.2, 0.25) is 0 Å². The summed E-state index contributed by atoms with van der Waals surface area (Å²) in [6, 6.07) is 10.3. The van der Waals surface area contributed by atoms with Gasteiger partial charge in [-0.2, -0.15) is 0 Å². The molecule has 5 heterocycles. The number of ether oxygens (including phenoxy) is 2. The highest BCUT2D eigenvalue weighted by molar-refractivity contribution is 6.03. The van der Waals surface area contributed by atoms with Crippen LogP contribution in [0.15, 0.2) is 53.1 Å². The number of rotatable bonds is 7. The summed E-state index contributed by atoms with van der Waals surface area (Å²) in [5.74, 6) is -1.88. The van der Waals surface area contributed by atoms with Gasteiger partial charge in [-0.1, -0.05) is 47.6 Å². The average molecular weight is 507 g/mol. The number of amides is 3. The molecule has 10 nitrogen and oxygen atoms in total. The molecule has 3 saturated heterocycles. The largest absolute Gasteiger partial charge is 0.376 e. The van der Waals surface area contributed by atoms with Crippen molar-refractivity contribution in [3.63, 3.8) is 0 Å². The number of fused-ring (bicyclic) bond motifs is 1. The number of hydrogen-bond donors (Lipinski definition) is 2. The number of hydrogen-bond acceptors (Lipinski definition) is 7. The number of aryl methyl sites for hydroxylation is 1. The Bertz CT molecular complexity index is 1250. The molecule has 1 aromatic carbocycles. The Hall–Kier alpha value is -3.50. The zero-order valence-electron chi connectivity index (χ0n) is 20.8. The number of benzene rings is 1. The molecule has 2 aromatic rings. The van der Waals surface area contributed by atoms with Crippen LogP contribution in [0.5, 0.6) is 0 Å². The summed E-state index contributed by atoms with van der Waals surface area (Å²) in [4.78, 5) is 42.9. The molecule has 4 aliphatic heterocycles. The van der Waals surface area contributed by atoms with Gasteiger partial charge in [-0.05, 0) is 32.3 Å². The number of anilines is 1. The van der Waals surface area contributed by atoms with Crippen molar-refractivity contribution in [2.45, 2.75) is 56.6 Å². The summed E-state index contributed by atoms with van der Waals surface area (Å²) in [6.45, 7) is 4.72. The highest BCUT2D eigenvalue weighted by atomic mass is 16.5. The molecule has 3 fully saturated rings. The monoisotopic (exact) mass is 506 g/mol. The fraction of sp³-hybridized carbons (Fsp3) is 0.481. The lowest BCUT2D eigenvalue weighted by Gasteiger charge is -2.34. The average Bonchev–Trinajstić information content (AvgIpc) is 3.68. The first-order valence-electron chi connectivity index (χ1n) is 12.7. The standard InChI is InChI=1S/C27H30N4O6/c1-16-13-19(30-36-16)29-23(32)20-21-25(34)31(15-18-9-6-12-35-18)22(27(21)11-10-26(20,2)37-27)24(33)28-14-17-7-4-3-5-8-17/h3-5,7-8,10-11,13,18,20-22H,6,9,12,14-15H2,1-2H3,(H,28,33)(H,29,30,32). The van der Waals surface area contributed by atoms with E-state index in [4.69, 9.17) is 14.0 Å². The van der Waals surface area contributed by atoms with Gasteiger partial charge in [0.2, 0.25) is 17.7 Å². The van der Waals surface area contributed by atoms with Gasteiger partial charge < -0.3 is 29.5 Å². The third kappa shape index (κ3) is 3.86. The lowest BCUT2D eigenvalue weighted by Crippen LogP contribution is -2.55. The van der Waals surface area contributed by atoms with Gasteiger partial charge in [-0.25, -0.2) is 0 Å².